The molecule has 1 aromatic carbocycles. The van der Waals surface area contributed by atoms with Gasteiger partial charge in [0, 0.05) is 31.2 Å². The highest BCUT2D eigenvalue weighted by molar-refractivity contribution is 8.00. The van der Waals surface area contributed by atoms with Crippen molar-refractivity contribution in [3.05, 3.63) is 29.8 Å². The van der Waals surface area contributed by atoms with Crippen LogP contribution in [0.4, 0.5) is 5.69 Å². The molecule has 1 aromatic rings. The van der Waals surface area contributed by atoms with Crippen molar-refractivity contribution in [1.82, 2.24) is 10.6 Å². The second kappa shape index (κ2) is 9.71. The second-order valence-electron chi connectivity index (χ2n) is 5.24. The highest BCUT2D eigenvalue weighted by Gasteiger charge is 2.17. The van der Waals surface area contributed by atoms with E-state index >= 15 is 0 Å². The van der Waals surface area contributed by atoms with Crippen LogP contribution in [0.15, 0.2) is 24.3 Å². The summed E-state index contributed by atoms with van der Waals surface area (Å²) in [5, 5.41) is 8.85. The van der Waals surface area contributed by atoms with Crippen LogP contribution in [0.1, 0.15) is 5.56 Å². The smallest absolute Gasteiger partial charge is 0.234 e. The minimum absolute atomic E-state index is 0. The molecule has 2 rings (SSSR count). The van der Waals surface area contributed by atoms with E-state index in [1.807, 2.05) is 31.2 Å². The zero-order valence-corrected chi connectivity index (χ0v) is 14.2. The highest BCUT2D eigenvalue weighted by Crippen LogP contribution is 2.09. The number of thioether (sulfide) groups is 1. The topological polar surface area (TPSA) is 70.2 Å². The zero-order chi connectivity index (χ0) is 15.1. The number of hydrogen-bond donors (Lipinski definition) is 3. The SMILES string of the molecule is Cc1ccc(NC(=O)CSCC(=O)NCC2CNC2)cc1.Cl. The van der Waals surface area contributed by atoms with Crippen LogP contribution in [0, 0.1) is 12.8 Å². The number of amides is 2. The average Bonchev–Trinajstić information content (AvgIpc) is 2.39. The van der Waals surface area contributed by atoms with Gasteiger partial charge in [0.05, 0.1) is 11.5 Å². The molecule has 7 heteroatoms. The first-order valence-electron chi connectivity index (χ1n) is 7.05. The largest absolute Gasteiger partial charge is 0.355 e. The molecular weight excluding hydrogens is 322 g/mol. The molecule has 1 heterocycles. The van der Waals surface area contributed by atoms with E-state index in [9.17, 15) is 9.59 Å². The van der Waals surface area contributed by atoms with Crippen LogP contribution in [0.25, 0.3) is 0 Å². The molecule has 5 nitrogen and oxygen atoms in total. The van der Waals surface area contributed by atoms with Crippen LogP contribution in [0.3, 0.4) is 0 Å². The monoisotopic (exact) mass is 343 g/mol. The number of anilines is 1. The molecule has 2 amide bonds. The standard InChI is InChI=1S/C15H21N3O2S.ClH/c1-11-2-4-13(5-3-11)18-15(20)10-21-9-14(19)17-8-12-6-16-7-12;/h2-5,12,16H,6-10H2,1H3,(H,17,19)(H,18,20);1H. The van der Waals surface area contributed by atoms with E-state index < -0.39 is 0 Å². The molecule has 0 atom stereocenters. The van der Waals surface area contributed by atoms with Gasteiger partial charge in [0.25, 0.3) is 0 Å². The average molecular weight is 344 g/mol. The van der Waals surface area contributed by atoms with Crippen molar-refractivity contribution < 1.29 is 9.59 Å². The van der Waals surface area contributed by atoms with Crippen molar-refractivity contribution in [2.24, 2.45) is 5.92 Å². The number of carbonyl (C=O) groups excluding carboxylic acids is 2. The first kappa shape index (κ1) is 18.8. The first-order valence-corrected chi connectivity index (χ1v) is 8.20. The Morgan fingerprint density at radius 2 is 1.82 bits per heavy atom. The van der Waals surface area contributed by atoms with Gasteiger partial charge in [-0.2, -0.15) is 0 Å². The lowest BCUT2D eigenvalue weighted by Gasteiger charge is -2.27. The molecule has 0 aliphatic carbocycles. The zero-order valence-electron chi connectivity index (χ0n) is 12.6. The van der Waals surface area contributed by atoms with Crippen molar-refractivity contribution >= 4 is 41.7 Å². The van der Waals surface area contributed by atoms with Gasteiger partial charge in [-0.15, -0.1) is 24.2 Å². The van der Waals surface area contributed by atoms with E-state index in [-0.39, 0.29) is 30.0 Å². The summed E-state index contributed by atoms with van der Waals surface area (Å²) in [4.78, 5) is 23.3. The Hall–Kier alpha value is -1.24. The summed E-state index contributed by atoms with van der Waals surface area (Å²) in [7, 11) is 0. The Bertz CT molecular complexity index is 492. The summed E-state index contributed by atoms with van der Waals surface area (Å²) in [5.41, 5.74) is 1.94. The van der Waals surface area contributed by atoms with Crippen molar-refractivity contribution in [3.8, 4) is 0 Å². The number of nitrogens with one attached hydrogen (secondary N) is 3. The second-order valence-corrected chi connectivity index (χ2v) is 6.22. The fourth-order valence-corrected chi connectivity index (χ4v) is 2.52. The molecule has 122 valence electrons. The molecule has 0 radical (unpaired) electrons. The number of hydrogen-bond acceptors (Lipinski definition) is 4. The Labute approximate surface area is 141 Å². The summed E-state index contributed by atoms with van der Waals surface area (Å²) in [6, 6.07) is 7.64. The van der Waals surface area contributed by atoms with Crippen LogP contribution >= 0.6 is 24.2 Å². The van der Waals surface area contributed by atoms with Gasteiger partial charge in [-0.05, 0) is 19.1 Å². The number of benzene rings is 1. The highest BCUT2D eigenvalue weighted by atomic mass is 35.5. The first-order chi connectivity index (χ1) is 10.1. The van der Waals surface area contributed by atoms with Crippen LogP contribution in [0.5, 0.6) is 0 Å². The lowest BCUT2D eigenvalue weighted by atomic mass is 10.0. The molecule has 0 saturated carbocycles. The summed E-state index contributed by atoms with van der Waals surface area (Å²) in [6.07, 6.45) is 0. The lowest BCUT2D eigenvalue weighted by Crippen LogP contribution is -2.48. The van der Waals surface area contributed by atoms with Gasteiger partial charge >= 0.3 is 0 Å². The van der Waals surface area contributed by atoms with Crippen molar-refractivity contribution in [1.29, 1.82) is 0 Å². The molecule has 1 fully saturated rings. The maximum atomic E-state index is 11.7. The quantitative estimate of drug-likeness (QED) is 0.700. The molecule has 0 spiro atoms. The molecule has 22 heavy (non-hydrogen) atoms. The molecule has 0 aromatic heterocycles. The molecule has 0 bridgehead atoms. The van der Waals surface area contributed by atoms with E-state index in [4.69, 9.17) is 0 Å². The van der Waals surface area contributed by atoms with Crippen LogP contribution in [0.2, 0.25) is 0 Å². The van der Waals surface area contributed by atoms with Gasteiger partial charge in [-0.25, -0.2) is 0 Å². The summed E-state index contributed by atoms with van der Waals surface area (Å²) in [6.45, 7) is 4.68. The van der Waals surface area contributed by atoms with Gasteiger partial charge < -0.3 is 16.0 Å². The minimum atomic E-state index is -0.0835. The summed E-state index contributed by atoms with van der Waals surface area (Å²) in [5.74, 6) is 1.08. The molecule has 1 saturated heterocycles. The van der Waals surface area contributed by atoms with E-state index in [0.717, 1.165) is 30.9 Å². The van der Waals surface area contributed by atoms with Crippen LogP contribution < -0.4 is 16.0 Å². The maximum absolute atomic E-state index is 11.7. The Morgan fingerprint density at radius 3 is 2.41 bits per heavy atom. The van der Waals surface area contributed by atoms with Gasteiger partial charge in [-0.3, -0.25) is 9.59 Å². The van der Waals surface area contributed by atoms with Crippen molar-refractivity contribution in [2.75, 3.05) is 36.5 Å². The normalized spacial score (nSPS) is 13.7. The van der Waals surface area contributed by atoms with Gasteiger partial charge in [0.15, 0.2) is 0 Å². The Kier molecular flexibility index (Phi) is 8.30. The summed E-state index contributed by atoms with van der Waals surface area (Å²) < 4.78 is 0. The van der Waals surface area contributed by atoms with Gasteiger partial charge in [0.1, 0.15) is 0 Å². The molecule has 0 unspecified atom stereocenters. The van der Waals surface area contributed by atoms with Crippen LogP contribution in [-0.4, -0.2) is 43.0 Å². The van der Waals surface area contributed by atoms with Crippen molar-refractivity contribution in [3.63, 3.8) is 0 Å². The molecular formula is C15H22ClN3O2S. The van der Waals surface area contributed by atoms with E-state index in [0.29, 0.717) is 11.7 Å². The fourth-order valence-electron chi connectivity index (χ4n) is 1.87. The Morgan fingerprint density at radius 1 is 1.18 bits per heavy atom. The fraction of sp³-hybridized carbons (Fsp3) is 0.467. The molecule has 1 aliphatic rings. The molecule has 3 N–H and O–H groups in total. The third kappa shape index (κ3) is 6.68. The van der Waals surface area contributed by atoms with E-state index in [1.165, 1.54) is 11.8 Å². The van der Waals surface area contributed by atoms with Gasteiger partial charge in [0.2, 0.25) is 11.8 Å². The van der Waals surface area contributed by atoms with Crippen molar-refractivity contribution in [2.45, 2.75) is 6.92 Å². The third-order valence-corrected chi connectivity index (χ3v) is 4.19. The van der Waals surface area contributed by atoms with Crippen LogP contribution in [-0.2, 0) is 9.59 Å². The number of halogens is 1. The number of carbonyl (C=O) groups is 2. The number of rotatable bonds is 7. The summed E-state index contributed by atoms with van der Waals surface area (Å²) >= 11 is 1.33. The van der Waals surface area contributed by atoms with E-state index in [2.05, 4.69) is 16.0 Å². The predicted molar refractivity (Wildman–Crippen MR) is 93.8 cm³/mol. The van der Waals surface area contributed by atoms with Gasteiger partial charge in [-0.1, -0.05) is 17.7 Å². The minimum Gasteiger partial charge on any atom is -0.355 e. The van der Waals surface area contributed by atoms with E-state index in [1.54, 1.807) is 0 Å². The predicted octanol–water partition coefficient (Wildman–Crippen LogP) is 1.42. The maximum Gasteiger partial charge on any atom is 0.234 e. The Balaban J connectivity index is 0.00000242. The lowest BCUT2D eigenvalue weighted by molar-refractivity contribution is -0.118. The third-order valence-electron chi connectivity index (χ3n) is 3.26. The number of aryl methyl sites for hydroxylation is 1. The molecule has 1 aliphatic heterocycles.